The predicted octanol–water partition coefficient (Wildman–Crippen LogP) is -0.0643. The van der Waals surface area contributed by atoms with Crippen LogP contribution in [0.25, 0.3) is 0 Å². The number of nitrogens with zero attached hydrogens (tertiary/aromatic N) is 1. The molecule has 82 valence electrons. The third kappa shape index (κ3) is 4.07. The summed E-state index contributed by atoms with van der Waals surface area (Å²) in [7, 11) is 0. The zero-order valence-electron chi connectivity index (χ0n) is 8.96. The van der Waals surface area contributed by atoms with Gasteiger partial charge in [-0.15, -0.1) is 0 Å². The van der Waals surface area contributed by atoms with Gasteiger partial charge in [-0.1, -0.05) is 0 Å². The van der Waals surface area contributed by atoms with Gasteiger partial charge in [0.05, 0.1) is 0 Å². The van der Waals surface area contributed by atoms with E-state index in [1.54, 1.807) is 0 Å². The second-order valence-electron chi connectivity index (χ2n) is 4.00. The highest BCUT2D eigenvalue weighted by molar-refractivity contribution is 5.76. The van der Waals surface area contributed by atoms with Gasteiger partial charge in [0.15, 0.2) is 0 Å². The van der Waals surface area contributed by atoms with Crippen molar-refractivity contribution in [3.05, 3.63) is 0 Å². The van der Waals surface area contributed by atoms with E-state index < -0.39 is 0 Å². The standard InChI is InChI=1S/C10H21N3O/c1-9(11)3-2-4-10(14)13-7-5-12-6-8-13/h9,12H,2-8,11H2,1H3. The van der Waals surface area contributed by atoms with Crippen LogP contribution < -0.4 is 11.1 Å². The van der Waals surface area contributed by atoms with E-state index in [9.17, 15) is 4.79 Å². The number of rotatable bonds is 4. The van der Waals surface area contributed by atoms with Gasteiger partial charge in [0.25, 0.3) is 0 Å². The molecule has 1 amide bonds. The molecule has 1 rings (SSSR count). The van der Waals surface area contributed by atoms with E-state index in [2.05, 4.69) is 5.32 Å². The van der Waals surface area contributed by atoms with E-state index >= 15 is 0 Å². The molecule has 3 N–H and O–H groups in total. The van der Waals surface area contributed by atoms with Crippen molar-refractivity contribution in [2.45, 2.75) is 32.2 Å². The van der Waals surface area contributed by atoms with Gasteiger partial charge in [0, 0.05) is 38.6 Å². The van der Waals surface area contributed by atoms with Crippen molar-refractivity contribution in [2.75, 3.05) is 26.2 Å². The molecule has 1 aliphatic rings. The van der Waals surface area contributed by atoms with E-state index in [0.29, 0.717) is 6.42 Å². The maximum atomic E-state index is 11.6. The Labute approximate surface area is 85.8 Å². The van der Waals surface area contributed by atoms with Gasteiger partial charge in [0.1, 0.15) is 0 Å². The first-order valence-electron chi connectivity index (χ1n) is 5.44. The lowest BCUT2D eigenvalue weighted by molar-refractivity contribution is -0.131. The summed E-state index contributed by atoms with van der Waals surface area (Å²) < 4.78 is 0. The molecular formula is C10H21N3O. The molecule has 0 spiro atoms. The van der Waals surface area contributed by atoms with Crippen molar-refractivity contribution >= 4 is 5.91 Å². The van der Waals surface area contributed by atoms with Crippen LogP contribution in [0.4, 0.5) is 0 Å². The molecule has 0 aromatic heterocycles. The first kappa shape index (κ1) is 11.5. The molecule has 1 unspecified atom stereocenters. The highest BCUT2D eigenvalue weighted by atomic mass is 16.2. The zero-order valence-corrected chi connectivity index (χ0v) is 8.96. The lowest BCUT2D eigenvalue weighted by Crippen LogP contribution is -2.46. The number of hydrogen-bond acceptors (Lipinski definition) is 3. The number of carbonyl (C=O) groups excluding carboxylic acids is 1. The molecule has 0 bridgehead atoms. The molecule has 1 saturated heterocycles. The summed E-state index contributed by atoms with van der Waals surface area (Å²) in [5.74, 6) is 0.284. The maximum absolute atomic E-state index is 11.6. The van der Waals surface area contributed by atoms with Crippen molar-refractivity contribution in [1.82, 2.24) is 10.2 Å². The fraction of sp³-hybridized carbons (Fsp3) is 0.900. The average molecular weight is 199 g/mol. The minimum Gasteiger partial charge on any atom is -0.340 e. The van der Waals surface area contributed by atoms with Gasteiger partial charge in [-0.05, 0) is 19.8 Å². The largest absolute Gasteiger partial charge is 0.340 e. The number of amides is 1. The topological polar surface area (TPSA) is 58.4 Å². The summed E-state index contributed by atoms with van der Waals surface area (Å²) in [6.45, 7) is 5.56. The van der Waals surface area contributed by atoms with Gasteiger partial charge in [0.2, 0.25) is 5.91 Å². The van der Waals surface area contributed by atoms with Crippen LogP contribution in [0.1, 0.15) is 26.2 Å². The number of carbonyl (C=O) groups is 1. The number of nitrogens with two attached hydrogens (primary N) is 1. The predicted molar refractivity (Wildman–Crippen MR) is 57.0 cm³/mol. The molecule has 0 radical (unpaired) electrons. The minimum absolute atomic E-state index is 0.214. The van der Waals surface area contributed by atoms with Crippen LogP contribution in [-0.2, 0) is 4.79 Å². The van der Waals surface area contributed by atoms with E-state index in [1.165, 1.54) is 0 Å². The molecule has 1 atom stereocenters. The quantitative estimate of drug-likeness (QED) is 0.666. The van der Waals surface area contributed by atoms with Gasteiger partial charge in [-0.2, -0.15) is 0 Å². The maximum Gasteiger partial charge on any atom is 0.222 e. The molecule has 0 aromatic carbocycles. The second kappa shape index (κ2) is 5.98. The lowest BCUT2D eigenvalue weighted by Gasteiger charge is -2.27. The summed E-state index contributed by atoms with van der Waals surface area (Å²) in [6.07, 6.45) is 2.51. The SMILES string of the molecule is CC(N)CCCC(=O)N1CCNCC1. The smallest absolute Gasteiger partial charge is 0.222 e. The van der Waals surface area contributed by atoms with Gasteiger partial charge < -0.3 is 16.0 Å². The highest BCUT2D eigenvalue weighted by Gasteiger charge is 2.15. The third-order valence-electron chi connectivity index (χ3n) is 2.52. The highest BCUT2D eigenvalue weighted by Crippen LogP contribution is 2.03. The van der Waals surface area contributed by atoms with Crippen molar-refractivity contribution in [2.24, 2.45) is 5.73 Å². The fourth-order valence-electron chi connectivity index (χ4n) is 1.65. The van der Waals surface area contributed by atoms with Crippen LogP contribution in [0, 0.1) is 0 Å². The summed E-state index contributed by atoms with van der Waals surface area (Å²) in [4.78, 5) is 13.6. The van der Waals surface area contributed by atoms with Crippen LogP contribution in [-0.4, -0.2) is 43.0 Å². The van der Waals surface area contributed by atoms with Crippen molar-refractivity contribution in [3.8, 4) is 0 Å². The Morgan fingerprint density at radius 2 is 2.14 bits per heavy atom. The van der Waals surface area contributed by atoms with Crippen LogP contribution in [0.5, 0.6) is 0 Å². The fourth-order valence-corrected chi connectivity index (χ4v) is 1.65. The monoisotopic (exact) mass is 199 g/mol. The van der Waals surface area contributed by atoms with E-state index in [4.69, 9.17) is 5.73 Å². The van der Waals surface area contributed by atoms with Crippen LogP contribution >= 0.6 is 0 Å². The molecule has 0 saturated carbocycles. The van der Waals surface area contributed by atoms with E-state index in [1.807, 2.05) is 11.8 Å². The Kier molecular flexibility index (Phi) is 4.90. The molecule has 0 aliphatic carbocycles. The summed E-state index contributed by atoms with van der Waals surface area (Å²) in [5.41, 5.74) is 5.62. The summed E-state index contributed by atoms with van der Waals surface area (Å²) in [6, 6.07) is 0.214. The Balaban J connectivity index is 2.13. The Hall–Kier alpha value is -0.610. The van der Waals surface area contributed by atoms with Gasteiger partial charge in [-0.3, -0.25) is 4.79 Å². The van der Waals surface area contributed by atoms with Crippen LogP contribution in [0.15, 0.2) is 0 Å². The van der Waals surface area contributed by atoms with Crippen molar-refractivity contribution in [1.29, 1.82) is 0 Å². The second-order valence-corrected chi connectivity index (χ2v) is 4.00. The number of hydrogen-bond donors (Lipinski definition) is 2. The van der Waals surface area contributed by atoms with E-state index in [-0.39, 0.29) is 11.9 Å². The van der Waals surface area contributed by atoms with Gasteiger partial charge in [-0.25, -0.2) is 0 Å². The lowest BCUT2D eigenvalue weighted by atomic mass is 10.1. The Morgan fingerprint density at radius 3 is 2.71 bits per heavy atom. The zero-order chi connectivity index (χ0) is 10.4. The van der Waals surface area contributed by atoms with Gasteiger partial charge >= 0.3 is 0 Å². The molecular weight excluding hydrogens is 178 g/mol. The number of nitrogens with one attached hydrogen (secondary N) is 1. The molecule has 1 fully saturated rings. The molecule has 1 aliphatic heterocycles. The van der Waals surface area contributed by atoms with Crippen LogP contribution in [0.2, 0.25) is 0 Å². The Bertz CT molecular complexity index is 176. The van der Waals surface area contributed by atoms with E-state index in [0.717, 1.165) is 39.0 Å². The molecule has 14 heavy (non-hydrogen) atoms. The minimum atomic E-state index is 0.214. The third-order valence-corrected chi connectivity index (χ3v) is 2.52. The normalized spacial score (nSPS) is 19.4. The molecule has 0 aromatic rings. The summed E-state index contributed by atoms with van der Waals surface area (Å²) in [5, 5.41) is 3.23. The van der Waals surface area contributed by atoms with Crippen molar-refractivity contribution < 1.29 is 4.79 Å². The molecule has 1 heterocycles. The van der Waals surface area contributed by atoms with Crippen LogP contribution in [0.3, 0.4) is 0 Å². The first-order chi connectivity index (χ1) is 6.70. The Morgan fingerprint density at radius 1 is 1.50 bits per heavy atom. The summed E-state index contributed by atoms with van der Waals surface area (Å²) >= 11 is 0. The first-order valence-corrected chi connectivity index (χ1v) is 5.44. The average Bonchev–Trinajstić information content (AvgIpc) is 2.18. The number of piperazine rings is 1. The molecule has 4 heteroatoms. The molecule has 4 nitrogen and oxygen atoms in total. The van der Waals surface area contributed by atoms with Crippen molar-refractivity contribution in [3.63, 3.8) is 0 Å².